The van der Waals surface area contributed by atoms with E-state index in [1.165, 1.54) is 16.6 Å². The van der Waals surface area contributed by atoms with E-state index in [1.807, 2.05) is 6.92 Å². The smallest absolute Gasteiger partial charge is 0.138 e. The molecule has 2 aromatic heterocycles. The molecule has 1 N–H and O–H groups in total. The molecule has 0 aliphatic carbocycles. The second-order valence-electron chi connectivity index (χ2n) is 5.66. The summed E-state index contributed by atoms with van der Waals surface area (Å²) in [6, 6.07) is 4.98. The number of H-pyrrole nitrogens is 1. The summed E-state index contributed by atoms with van der Waals surface area (Å²) in [6.07, 6.45) is 2.22. The van der Waals surface area contributed by atoms with Crippen LogP contribution in [0.5, 0.6) is 0 Å². The summed E-state index contributed by atoms with van der Waals surface area (Å²) < 4.78 is 5.31. The van der Waals surface area contributed by atoms with Crippen LogP contribution in [0.4, 0.5) is 0 Å². The standard InChI is InChI=1S/C15H19N3O/c1-10-2-3-13-12-4-6-18(11-8-19-9-11)7-5-14(12)17-15(13)16-10/h2-3,11H,4-9H2,1H3,(H,16,17). The number of aromatic amines is 1. The molecule has 4 heterocycles. The third kappa shape index (κ3) is 1.86. The van der Waals surface area contributed by atoms with Gasteiger partial charge in [-0.15, -0.1) is 0 Å². The lowest BCUT2D eigenvalue weighted by Gasteiger charge is -2.36. The molecule has 1 fully saturated rings. The van der Waals surface area contributed by atoms with Gasteiger partial charge in [-0.05, 0) is 31.0 Å². The minimum absolute atomic E-state index is 0.649. The van der Waals surface area contributed by atoms with Gasteiger partial charge in [0.25, 0.3) is 0 Å². The average Bonchev–Trinajstić information content (AvgIpc) is 2.54. The van der Waals surface area contributed by atoms with Gasteiger partial charge in [-0.3, -0.25) is 4.90 Å². The normalized spacial score (nSPS) is 21.1. The zero-order valence-corrected chi connectivity index (χ0v) is 11.3. The van der Waals surface area contributed by atoms with Crippen molar-refractivity contribution >= 4 is 11.0 Å². The molecule has 0 aromatic carbocycles. The number of pyridine rings is 1. The first-order valence-corrected chi connectivity index (χ1v) is 7.10. The fourth-order valence-corrected chi connectivity index (χ4v) is 3.20. The largest absolute Gasteiger partial charge is 0.378 e. The molecular weight excluding hydrogens is 238 g/mol. The monoisotopic (exact) mass is 257 g/mol. The minimum Gasteiger partial charge on any atom is -0.378 e. The van der Waals surface area contributed by atoms with Crippen LogP contribution >= 0.6 is 0 Å². The highest BCUT2D eigenvalue weighted by molar-refractivity contribution is 5.81. The Kier molecular flexibility index (Phi) is 2.60. The first kappa shape index (κ1) is 11.4. The quantitative estimate of drug-likeness (QED) is 0.845. The Labute approximate surface area is 112 Å². The lowest BCUT2D eigenvalue weighted by molar-refractivity contribution is -0.0634. The van der Waals surface area contributed by atoms with Crippen LogP contribution in [-0.2, 0) is 17.6 Å². The van der Waals surface area contributed by atoms with E-state index in [9.17, 15) is 0 Å². The lowest BCUT2D eigenvalue weighted by atomic mass is 10.1. The van der Waals surface area contributed by atoms with Crippen molar-refractivity contribution in [2.75, 3.05) is 26.3 Å². The fraction of sp³-hybridized carbons (Fsp3) is 0.533. The molecule has 0 bridgehead atoms. The summed E-state index contributed by atoms with van der Waals surface area (Å²) >= 11 is 0. The van der Waals surface area contributed by atoms with Crippen LogP contribution in [0.1, 0.15) is 17.0 Å². The third-order valence-electron chi connectivity index (χ3n) is 4.43. The van der Waals surface area contributed by atoms with Gasteiger partial charge in [0, 0.05) is 36.3 Å². The van der Waals surface area contributed by atoms with Gasteiger partial charge in [-0.2, -0.15) is 0 Å². The van der Waals surface area contributed by atoms with E-state index in [1.54, 1.807) is 0 Å². The molecule has 19 heavy (non-hydrogen) atoms. The van der Waals surface area contributed by atoms with Crippen molar-refractivity contribution in [3.05, 3.63) is 29.1 Å². The molecule has 0 spiro atoms. The van der Waals surface area contributed by atoms with Crippen LogP contribution in [0.15, 0.2) is 12.1 Å². The van der Waals surface area contributed by atoms with Gasteiger partial charge in [0.1, 0.15) is 5.65 Å². The predicted molar refractivity (Wildman–Crippen MR) is 74.4 cm³/mol. The van der Waals surface area contributed by atoms with Crippen molar-refractivity contribution in [2.45, 2.75) is 25.8 Å². The minimum atomic E-state index is 0.649. The summed E-state index contributed by atoms with van der Waals surface area (Å²) in [5.74, 6) is 0. The number of aryl methyl sites for hydroxylation is 1. The molecule has 0 saturated carbocycles. The van der Waals surface area contributed by atoms with Gasteiger partial charge >= 0.3 is 0 Å². The molecule has 0 amide bonds. The molecule has 0 radical (unpaired) electrons. The Hall–Kier alpha value is -1.39. The number of fused-ring (bicyclic) bond motifs is 3. The summed E-state index contributed by atoms with van der Waals surface area (Å²) in [4.78, 5) is 10.7. The highest BCUT2D eigenvalue weighted by Gasteiger charge is 2.28. The molecule has 0 unspecified atom stereocenters. The maximum Gasteiger partial charge on any atom is 0.138 e. The van der Waals surface area contributed by atoms with Gasteiger partial charge in [0.05, 0.1) is 19.3 Å². The van der Waals surface area contributed by atoms with E-state index in [2.05, 4.69) is 27.0 Å². The van der Waals surface area contributed by atoms with Crippen LogP contribution in [-0.4, -0.2) is 47.2 Å². The Morgan fingerprint density at radius 1 is 1.26 bits per heavy atom. The SMILES string of the molecule is Cc1ccc2c3c([nH]c2n1)CCN(C1COC1)CC3. The molecule has 2 aliphatic rings. The fourth-order valence-electron chi connectivity index (χ4n) is 3.20. The third-order valence-corrected chi connectivity index (χ3v) is 4.43. The van der Waals surface area contributed by atoms with Crippen molar-refractivity contribution in [3.8, 4) is 0 Å². The number of nitrogens with zero attached hydrogens (tertiary/aromatic N) is 2. The Bertz CT molecular complexity index is 615. The van der Waals surface area contributed by atoms with E-state index in [0.717, 1.165) is 50.5 Å². The van der Waals surface area contributed by atoms with Crippen LogP contribution in [0.2, 0.25) is 0 Å². The first-order valence-electron chi connectivity index (χ1n) is 7.10. The summed E-state index contributed by atoms with van der Waals surface area (Å²) in [5.41, 5.74) is 5.00. The number of rotatable bonds is 1. The molecule has 4 heteroatoms. The van der Waals surface area contributed by atoms with Crippen molar-refractivity contribution in [3.63, 3.8) is 0 Å². The zero-order valence-electron chi connectivity index (χ0n) is 11.3. The molecule has 2 aromatic rings. The van der Waals surface area contributed by atoms with Crippen molar-refractivity contribution < 1.29 is 4.74 Å². The second-order valence-corrected chi connectivity index (χ2v) is 5.66. The number of hydrogen-bond acceptors (Lipinski definition) is 3. The molecule has 4 rings (SSSR count). The Morgan fingerprint density at radius 3 is 2.89 bits per heavy atom. The first-order chi connectivity index (χ1) is 9.31. The van der Waals surface area contributed by atoms with E-state index in [4.69, 9.17) is 4.74 Å². The molecule has 1 saturated heterocycles. The van der Waals surface area contributed by atoms with Crippen molar-refractivity contribution in [1.82, 2.24) is 14.9 Å². The number of ether oxygens (including phenoxy) is 1. The molecule has 2 aliphatic heterocycles. The van der Waals surface area contributed by atoms with Gasteiger partial charge < -0.3 is 9.72 Å². The number of nitrogens with one attached hydrogen (secondary N) is 1. The second kappa shape index (κ2) is 4.32. The maximum atomic E-state index is 5.31. The van der Waals surface area contributed by atoms with Crippen LogP contribution in [0, 0.1) is 6.92 Å². The predicted octanol–water partition coefficient (Wildman–Crippen LogP) is 1.67. The molecule has 0 atom stereocenters. The maximum absolute atomic E-state index is 5.31. The van der Waals surface area contributed by atoms with Gasteiger partial charge in [-0.1, -0.05) is 0 Å². The van der Waals surface area contributed by atoms with E-state index >= 15 is 0 Å². The van der Waals surface area contributed by atoms with E-state index < -0.39 is 0 Å². The highest BCUT2D eigenvalue weighted by atomic mass is 16.5. The Morgan fingerprint density at radius 2 is 2.11 bits per heavy atom. The lowest BCUT2D eigenvalue weighted by Crippen LogP contribution is -2.49. The van der Waals surface area contributed by atoms with Crippen molar-refractivity contribution in [2.24, 2.45) is 0 Å². The summed E-state index contributed by atoms with van der Waals surface area (Å²) in [6.45, 7) is 6.14. The van der Waals surface area contributed by atoms with E-state index in [-0.39, 0.29) is 0 Å². The zero-order chi connectivity index (χ0) is 12.8. The molecule has 100 valence electrons. The topological polar surface area (TPSA) is 41.2 Å². The number of aromatic nitrogens is 2. The van der Waals surface area contributed by atoms with Crippen LogP contribution in [0.25, 0.3) is 11.0 Å². The van der Waals surface area contributed by atoms with Gasteiger partial charge in [0.15, 0.2) is 0 Å². The summed E-state index contributed by atoms with van der Waals surface area (Å²) in [5, 5.41) is 1.31. The summed E-state index contributed by atoms with van der Waals surface area (Å²) in [7, 11) is 0. The van der Waals surface area contributed by atoms with Gasteiger partial charge in [-0.25, -0.2) is 4.98 Å². The van der Waals surface area contributed by atoms with Crippen LogP contribution in [0.3, 0.4) is 0 Å². The molecular formula is C15H19N3O. The van der Waals surface area contributed by atoms with Crippen LogP contribution < -0.4 is 0 Å². The molecule has 4 nitrogen and oxygen atoms in total. The van der Waals surface area contributed by atoms with Crippen molar-refractivity contribution in [1.29, 1.82) is 0 Å². The van der Waals surface area contributed by atoms with E-state index in [0.29, 0.717) is 6.04 Å². The van der Waals surface area contributed by atoms with Gasteiger partial charge in [0.2, 0.25) is 0 Å². The Balaban J connectivity index is 1.66. The average molecular weight is 257 g/mol. The number of hydrogen-bond donors (Lipinski definition) is 1. The highest BCUT2D eigenvalue weighted by Crippen LogP contribution is 2.26.